The molecule has 0 rings (SSSR count). The Morgan fingerprint density at radius 2 is 2.23 bits per heavy atom. The smallest absolute Gasteiger partial charge is 0.166 e. The van der Waals surface area contributed by atoms with E-state index in [1.807, 2.05) is 11.8 Å². The predicted molar refractivity (Wildman–Crippen MR) is 66.5 cm³/mol. The largest absolute Gasteiger partial charge is 0.363 e. The number of hydrogen-bond acceptors (Lipinski definition) is 2. The molecule has 0 aliphatic heterocycles. The zero-order valence-electron chi connectivity index (χ0n) is 8.72. The number of nitrogens with one attached hydrogen (secondary N) is 2. The summed E-state index contributed by atoms with van der Waals surface area (Å²) in [5, 5.41) is 7.21. The molecule has 2 nitrogen and oxygen atoms in total. The number of thioether (sulfide) groups is 1. The van der Waals surface area contributed by atoms with Gasteiger partial charge >= 0.3 is 0 Å². The van der Waals surface area contributed by atoms with Crippen molar-refractivity contribution in [3.63, 3.8) is 0 Å². The van der Waals surface area contributed by atoms with E-state index in [1.165, 1.54) is 12.8 Å². The van der Waals surface area contributed by atoms with Gasteiger partial charge in [0.05, 0.1) is 0 Å². The van der Waals surface area contributed by atoms with Crippen LogP contribution in [0.15, 0.2) is 0 Å². The normalized spacial score (nSPS) is 12.2. The van der Waals surface area contributed by atoms with E-state index in [9.17, 15) is 0 Å². The lowest BCUT2D eigenvalue weighted by molar-refractivity contribution is 0.699. The Morgan fingerprint density at radius 3 is 2.77 bits per heavy atom. The molecular formula is C9H20N2S2. The fourth-order valence-electron chi connectivity index (χ4n) is 0.945. The van der Waals surface area contributed by atoms with E-state index in [0.717, 1.165) is 17.4 Å². The summed E-state index contributed by atoms with van der Waals surface area (Å²) in [6, 6.07) is 0.455. The standard InChI is InChI=1S/C9H20N2S2/c1-4-5-6-10-9(12)11-8(2)7-13-3/h8H,4-7H2,1-3H3,(H2,10,11,12). The Bertz CT molecular complexity index is 140. The third-order valence-corrected chi connectivity index (χ3v) is 2.71. The van der Waals surface area contributed by atoms with Crippen LogP contribution in [0, 0.1) is 0 Å². The molecule has 0 heterocycles. The summed E-state index contributed by atoms with van der Waals surface area (Å²) in [7, 11) is 0. The van der Waals surface area contributed by atoms with Crippen LogP contribution in [0.1, 0.15) is 26.7 Å². The molecule has 0 saturated carbocycles. The topological polar surface area (TPSA) is 24.1 Å². The number of thiocarbonyl (C=S) groups is 1. The van der Waals surface area contributed by atoms with Crippen LogP contribution in [-0.4, -0.2) is 29.7 Å². The second-order valence-corrected chi connectivity index (χ2v) is 4.43. The lowest BCUT2D eigenvalue weighted by Crippen LogP contribution is -2.41. The Morgan fingerprint density at radius 1 is 1.54 bits per heavy atom. The maximum atomic E-state index is 5.13. The summed E-state index contributed by atoms with van der Waals surface area (Å²) in [4.78, 5) is 0. The van der Waals surface area contributed by atoms with E-state index in [2.05, 4.69) is 30.7 Å². The minimum absolute atomic E-state index is 0.455. The Balaban J connectivity index is 3.38. The van der Waals surface area contributed by atoms with Gasteiger partial charge in [0.15, 0.2) is 5.11 Å². The van der Waals surface area contributed by atoms with Gasteiger partial charge in [-0.3, -0.25) is 0 Å². The Kier molecular flexibility index (Phi) is 8.66. The number of rotatable bonds is 6. The quantitative estimate of drug-likeness (QED) is 0.528. The van der Waals surface area contributed by atoms with Crippen molar-refractivity contribution in [3.05, 3.63) is 0 Å². The summed E-state index contributed by atoms with van der Waals surface area (Å²) in [5.74, 6) is 1.09. The molecule has 78 valence electrons. The molecule has 4 heteroatoms. The van der Waals surface area contributed by atoms with Gasteiger partial charge in [0, 0.05) is 18.3 Å². The van der Waals surface area contributed by atoms with Crippen molar-refractivity contribution in [2.45, 2.75) is 32.7 Å². The van der Waals surface area contributed by atoms with Gasteiger partial charge in [-0.05, 0) is 31.8 Å². The fraction of sp³-hybridized carbons (Fsp3) is 0.889. The van der Waals surface area contributed by atoms with Crippen LogP contribution in [0.3, 0.4) is 0 Å². The average molecular weight is 220 g/mol. The van der Waals surface area contributed by atoms with Gasteiger partial charge in [0.1, 0.15) is 0 Å². The number of unbranched alkanes of at least 4 members (excludes halogenated alkanes) is 1. The Hall–Kier alpha value is 0.0400. The summed E-state index contributed by atoms with van der Waals surface area (Å²) < 4.78 is 0. The highest BCUT2D eigenvalue weighted by molar-refractivity contribution is 7.98. The molecule has 0 amide bonds. The molecule has 0 aromatic heterocycles. The van der Waals surface area contributed by atoms with Crippen LogP contribution >= 0.6 is 24.0 Å². The van der Waals surface area contributed by atoms with E-state index in [-0.39, 0.29) is 0 Å². The van der Waals surface area contributed by atoms with E-state index < -0.39 is 0 Å². The average Bonchev–Trinajstić information content (AvgIpc) is 2.05. The first-order valence-corrected chi connectivity index (χ1v) is 6.54. The van der Waals surface area contributed by atoms with Crippen molar-refractivity contribution < 1.29 is 0 Å². The highest BCUT2D eigenvalue weighted by Crippen LogP contribution is 1.95. The van der Waals surface area contributed by atoms with Gasteiger partial charge in [0.25, 0.3) is 0 Å². The van der Waals surface area contributed by atoms with Crippen molar-refractivity contribution in [3.8, 4) is 0 Å². The minimum Gasteiger partial charge on any atom is -0.363 e. The molecule has 2 N–H and O–H groups in total. The van der Waals surface area contributed by atoms with Crippen LogP contribution in [0.2, 0.25) is 0 Å². The second kappa shape index (κ2) is 8.63. The van der Waals surface area contributed by atoms with Crippen molar-refractivity contribution >= 4 is 29.1 Å². The molecule has 0 spiro atoms. The van der Waals surface area contributed by atoms with Gasteiger partial charge in [0.2, 0.25) is 0 Å². The molecule has 0 bridgehead atoms. The predicted octanol–water partition coefficient (Wildman–Crippen LogP) is 2.00. The monoisotopic (exact) mass is 220 g/mol. The van der Waals surface area contributed by atoms with Crippen molar-refractivity contribution in [2.75, 3.05) is 18.6 Å². The van der Waals surface area contributed by atoms with E-state index >= 15 is 0 Å². The fourth-order valence-corrected chi connectivity index (χ4v) is 1.83. The van der Waals surface area contributed by atoms with E-state index in [0.29, 0.717) is 6.04 Å². The molecule has 0 aliphatic rings. The molecule has 0 saturated heterocycles. The number of hydrogen-bond donors (Lipinski definition) is 2. The van der Waals surface area contributed by atoms with Crippen LogP contribution in [0.4, 0.5) is 0 Å². The SMILES string of the molecule is CCCCNC(=S)NC(C)CSC. The molecular weight excluding hydrogens is 200 g/mol. The summed E-state index contributed by atoms with van der Waals surface area (Å²) >= 11 is 6.96. The van der Waals surface area contributed by atoms with Crippen molar-refractivity contribution in [1.82, 2.24) is 10.6 Å². The zero-order chi connectivity index (χ0) is 10.1. The summed E-state index contributed by atoms with van der Waals surface area (Å²) in [5.41, 5.74) is 0. The lowest BCUT2D eigenvalue weighted by Gasteiger charge is -2.15. The summed E-state index contributed by atoms with van der Waals surface area (Å²) in [6.07, 6.45) is 4.49. The maximum Gasteiger partial charge on any atom is 0.166 e. The summed E-state index contributed by atoms with van der Waals surface area (Å²) in [6.45, 7) is 5.30. The molecule has 0 aromatic rings. The van der Waals surface area contributed by atoms with Gasteiger partial charge in [-0.25, -0.2) is 0 Å². The second-order valence-electron chi connectivity index (χ2n) is 3.11. The van der Waals surface area contributed by atoms with Crippen molar-refractivity contribution in [2.24, 2.45) is 0 Å². The van der Waals surface area contributed by atoms with Gasteiger partial charge < -0.3 is 10.6 Å². The third-order valence-electron chi connectivity index (χ3n) is 1.61. The lowest BCUT2D eigenvalue weighted by atomic mass is 10.3. The van der Waals surface area contributed by atoms with Crippen LogP contribution < -0.4 is 10.6 Å². The van der Waals surface area contributed by atoms with E-state index in [4.69, 9.17) is 12.2 Å². The molecule has 0 fully saturated rings. The molecule has 1 unspecified atom stereocenters. The minimum atomic E-state index is 0.455. The molecule has 0 aromatic carbocycles. The first-order chi connectivity index (χ1) is 6.20. The molecule has 13 heavy (non-hydrogen) atoms. The van der Waals surface area contributed by atoms with Gasteiger partial charge in [-0.15, -0.1) is 0 Å². The van der Waals surface area contributed by atoms with Crippen molar-refractivity contribution in [1.29, 1.82) is 0 Å². The maximum absolute atomic E-state index is 5.13. The first-order valence-electron chi connectivity index (χ1n) is 4.74. The highest BCUT2D eigenvalue weighted by atomic mass is 32.2. The van der Waals surface area contributed by atoms with Crippen LogP contribution in [-0.2, 0) is 0 Å². The molecule has 0 aliphatic carbocycles. The zero-order valence-corrected chi connectivity index (χ0v) is 10.4. The van der Waals surface area contributed by atoms with Crippen LogP contribution in [0.25, 0.3) is 0 Å². The van der Waals surface area contributed by atoms with Gasteiger partial charge in [-0.2, -0.15) is 11.8 Å². The first kappa shape index (κ1) is 13.0. The van der Waals surface area contributed by atoms with Gasteiger partial charge in [-0.1, -0.05) is 13.3 Å². The highest BCUT2D eigenvalue weighted by Gasteiger charge is 2.01. The van der Waals surface area contributed by atoms with E-state index in [1.54, 1.807) is 0 Å². The molecule has 1 atom stereocenters. The Labute approximate surface area is 91.2 Å². The molecule has 0 radical (unpaired) electrons. The van der Waals surface area contributed by atoms with Crippen LogP contribution in [0.5, 0.6) is 0 Å². The third kappa shape index (κ3) is 8.37.